The number of aromatic carboxylic acids is 1. The molecular formula is C18H13ClN2O4. The largest absolute Gasteiger partial charge is 0.502 e. The van der Waals surface area contributed by atoms with Gasteiger partial charge in [-0.3, -0.25) is 9.36 Å². The zero-order valence-corrected chi connectivity index (χ0v) is 13.6. The molecule has 0 aliphatic heterocycles. The van der Waals surface area contributed by atoms with E-state index in [-0.39, 0.29) is 17.8 Å². The van der Waals surface area contributed by atoms with E-state index in [1.165, 1.54) is 35.2 Å². The number of hydrogen-bond donors (Lipinski definition) is 2. The Morgan fingerprint density at radius 2 is 1.72 bits per heavy atom. The van der Waals surface area contributed by atoms with Crippen molar-refractivity contribution in [3.63, 3.8) is 0 Å². The molecule has 0 aliphatic rings. The maximum absolute atomic E-state index is 12.4. The van der Waals surface area contributed by atoms with Crippen LogP contribution in [0.2, 0.25) is 5.02 Å². The van der Waals surface area contributed by atoms with Crippen molar-refractivity contribution in [2.75, 3.05) is 0 Å². The first kappa shape index (κ1) is 16.7. The molecule has 7 heteroatoms. The minimum Gasteiger partial charge on any atom is -0.502 e. The molecule has 3 aromatic rings. The fourth-order valence-corrected chi connectivity index (χ4v) is 2.49. The summed E-state index contributed by atoms with van der Waals surface area (Å²) in [6, 6.07) is 12.8. The summed E-state index contributed by atoms with van der Waals surface area (Å²) in [4.78, 5) is 27.4. The lowest BCUT2D eigenvalue weighted by Crippen LogP contribution is -2.21. The van der Waals surface area contributed by atoms with E-state index in [4.69, 9.17) is 16.7 Å². The Kier molecular flexibility index (Phi) is 4.54. The Bertz CT molecular complexity index is 979. The van der Waals surface area contributed by atoms with Crippen LogP contribution >= 0.6 is 11.6 Å². The first-order valence-electron chi connectivity index (χ1n) is 7.32. The monoisotopic (exact) mass is 356 g/mol. The summed E-state index contributed by atoms with van der Waals surface area (Å²) >= 11 is 5.83. The number of carboxylic acids is 1. The minimum absolute atomic E-state index is 0.106. The Labute approximate surface area is 147 Å². The van der Waals surface area contributed by atoms with Gasteiger partial charge >= 0.3 is 5.97 Å². The lowest BCUT2D eigenvalue weighted by Gasteiger charge is -2.09. The van der Waals surface area contributed by atoms with Gasteiger partial charge in [-0.05, 0) is 29.8 Å². The highest BCUT2D eigenvalue weighted by molar-refractivity contribution is 6.30. The Balaban J connectivity index is 1.93. The number of aromatic nitrogens is 2. The molecule has 0 amide bonds. The molecule has 0 fully saturated rings. The predicted molar refractivity (Wildman–Crippen MR) is 93.1 cm³/mol. The van der Waals surface area contributed by atoms with E-state index in [1.54, 1.807) is 24.3 Å². The van der Waals surface area contributed by atoms with E-state index in [0.29, 0.717) is 10.6 Å². The van der Waals surface area contributed by atoms with E-state index >= 15 is 0 Å². The Hall–Kier alpha value is -3.12. The average Bonchev–Trinajstić information content (AvgIpc) is 2.61. The first-order valence-corrected chi connectivity index (χ1v) is 7.70. The van der Waals surface area contributed by atoms with Gasteiger partial charge in [-0.2, -0.15) is 0 Å². The van der Waals surface area contributed by atoms with Crippen LogP contribution in [0.25, 0.3) is 11.3 Å². The molecule has 1 aromatic heterocycles. The number of aromatic hydroxyl groups is 1. The molecule has 6 nitrogen and oxygen atoms in total. The quantitative estimate of drug-likeness (QED) is 0.749. The lowest BCUT2D eigenvalue weighted by atomic mass is 10.1. The molecule has 0 unspecified atom stereocenters. The van der Waals surface area contributed by atoms with Gasteiger partial charge in [0, 0.05) is 10.6 Å². The van der Waals surface area contributed by atoms with Gasteiger partial charge in [0.2, 0.25) is 5.75 Å². The van der Waals surface area contributed by atoms with Crippen LogP contribution in [-0.2, 0) is 6.54 Å². The van der Waals surface area contributed by atoms with Gasteiger partial charge in [0.05, 0.1) is 18.4 Å². The van der Waals surface area contributed by atoms with Crippen LogP contribution in [0.1, 0.15) is 15.9 Å². The second-order valence-electron chi connectivity index (χ2n) is 5.38. The second-order valence-corrected chi connectivity index (χ2v) is 5.82. The van der Waals surface area contributed by atoms with E-state index in [0.717, 1.165) is 5.56 Å². The van der Waals surface area contributed by atoms with Crippen LogP contribution in [-0.4, -0.2) is 25.7 Å². The summed E-state index contributed by atoms with van der Waals surface area (Å²) in [7, 11) is 0. The number of carbonyl (C=O) groups is 1. The molecule has 3 rings (SSSR count). The number of carboxylic acid groups (broad SMARTS) is 1. The van der Waals surface area contributed by atoms with Crippen molar-refractivity contribution in [2.24, 2.45) is 0 Å². The van der Waals surface area contributed by atoms with Crippen molar-refractivity contribution in [1.29, 1.82) is 0 Å². The SMILES string of the molecule is O=C(O)c1ccc(-c2ncn(Cc3ccc(Cl)cc3)c(=O)c2O)cc1. The van der Waals surface area contributed by atoms with Crippen molar-refractivity contribution in [3.8, 4) is 17.0 Å². The van der Waals surface area contributed by atoms with Crippen LogP contribution in [0.4, 0.5) is 0 Å². The summed E-state index contributed by atoms with van der Waals surface area (Å²) in [5, 5.41) is 19.7. The molecule has 2 N–H and O–H groups in total. The standard InChI is InChI=1S/C18H13ClN2O4/c19-14-7-1-11(2-8-14)9-21-10-20-15(16(22)17(21)23)12-3-5-13(6-4-12)18(24)25/h1-8,10,22H,9H2,(H,24,25). The van der Waals surface area contributed by atoms with Gasteiger partial charge in [0.15, 0.2) is 0 Å². The van der Waals surface area contributed by atoms with Crippen LogP contribution in [0.3, 0.4) is 0 Å². The van der Waals surface area contributed by atoms with E-state index in [2.05, 4.69) is 4.98 Å². The van der Waals surface area contributed by atoms with E-state index < -0.39 is 17.3 Å². The highest BCUT2D eigenvalue weighted by Gasteiger charge is 2.13. The lowest BCUT2D eigenvalue weighted by molar-refractivity contribution is 0.0697. The van der Waals surface area contributed by atoms with Gasteiger partial charge in [0.25, 0.3) is 5.56 Å². The fraction of sp³-hybridized carbons (Fsp3) is 0.0556. The molecule has 0 spiro atoms. The van der Waals surface area contributed by atoms with Crippen LogP contribution in [0.5, 0.6) is 5.75 Å². The zero-order valence-electron chi connectivity index (χ0n) is 12.9. The third kappa shape index (κ3) is 3.54. The molecule has 2 aromatic carbocycles. The van der Waals surface area contributed by atoms with Crippen molar-refractivity contribution >= 4 is 17.6 Å². The molecular weight excluding hydrogens is 344 g/mol. The number of hydrogen-bond acceptors (Lipinski definition) is 4. The molecule has 0 aliphatic carbocycles. The summed E-state index contributed by atoms with van der Waals surface area (Å²) in [6.07, 6.45) is 1.34. The molecule has 0 bridgehead atoms. The summed E-state index contributed by atoms with van der Waals surface area (Å²) in [6.45, 7) is 0.245. The number of nitrogens with zero attached hydrogens (tertiary/aromatic N) is 2. The Morgan fingerprint density at radius 1 is 1.08 bits per heavy atom. The van der Waals surface area contributed by atoms with Gasteiger partial charge < -0.3 is 10.2 Å². The fourth-order valence-electron chi connectivity index (χ4n) is 2.36. The van der Waals surface area contributed by atoms with Gasteiger partial charge in [-0.1, -0.05) is 35.9 Å². The third-order valence-corrected chi connectivity index (χ3v) is 3.94. The predicted octanol–water partition coefficient (Wildman–Crippen LogP) is 3.02. The second kappa shape index (κ2) is 6.78. The van der Waals surface area contributed by atoms with Gasteiger partial charge in [0.1, 0.15) is 5.69 Å². The molecule has 0 saturated carbocycles. The minimum atomic E-state index is -1.05. The highest BCUT2D eigenvalue weighted by Crippen LogP contribution is 2.23. The van der Waals surface area contributed by atoms with Crippen molar-refractivity contribution in [1.82, 2.24) is 9.55 Å². The summed E-state index contributed by atoms with van der Waals surface area (Å²) < 4.78 is 1.29. The smallest absolute Gasteiger partial charge is 0.335 e. The average molecular weight is 357 g/mol. The van der Waals surface area contributed by atoms with Crippen LogP contribution in [0, 0.1) is 0 Å². The zero-order chi connectivity index (χ0) is 18.0. The van der Waals surface area contributed by atoms with Crippen molar-refractivity contribution in [2.45, 2.75) is 6.54 Å². The number of rotatable bonds is 4. The summed E-state index contributed by atoms with van der Waals surface area (Å²) in [5.74, 6) is -1.54. The normalized spacial score (nSPS) is 10.6. The van der Waals surface area contributed by atoms with Crippen LogP contribution < -0.4 is 5.56 Å². The topological polar surface area (TPSA) is 92.4 Å². The van der Waals surface area contributed by atoms with Crippen molar-refractivity contribution < 1.29 is 15.0 Å². The van der Waals surface area contributed by atoms with Crippen LogP contribution in [0.15, 0.2) is 59.7 Å². The Morgan fingerprint density at radius 3 is 2.32 bits per heavy atom. The maximum atomic E-state index is 12.4. The highest BCUT2D eigenvalue weighted by atomic mass is 35.5. The molecule has 0 radical (unpaired) electrons. The summed E-state index contributed by atoms with van der Waals surface area (Å²) in [5.41, 5.74) is 0.931. The molecule has 1 heterocycles. The van der Waals surface area contributed by atoms with Gasteiger partial charge in [-0.25, -0.2) is 9.78 Å². The van der Waals surface area contributed by atoms with E-state index in [1.807, 2.05) is 0 Å². The molecule has 126 valence electrons. The van der Waals surface area contributed by atoms with Crippen molar-refractivity contribution in [3.05, 3.63) is 81.4 Å². The third-order valence-electron chi connectivity index (χ3n) is 3.69. The number of benzene rings is 2. The molecule has 25 heavy (non-hydrogen) atoms. The van der Waals surface area contributed by atoms with E-state index in [9.17, 15) is 14.7 Å². The molecule has 0 atom stereocenters. The first-order chi connectivity index (χ1) is 12.0. The maximum Gasteiger partial charge on any atom is 0.335 e. The number of halogens is 1. The molecule has 0 saturated heterocycles. The van der Waals surface area contributed by atoms with Gasteiger partial charge in [-0.15, -0.1) is 0 Å².